The zero-order valence-corrected chi connectivity index (χ0v) is 22.7. The van der Waals surface area contributed by atoms with Crippen molar-refractivity contribution in [3.63, 3.8) is 0 Å². The Balaban J connectivity index is 1.61. The number of H-pyrrole nitrogens is 1. The van der Waals surface area contributed by atoms with Crippen LogP contribution in [0.1, 0.15) is 63.4 Å². The summed E-state index contributed by atoms with van der Waals surface area (Å²) in [4.78, 5) is 33.8. The molecule has 40 heavy (non-hydrogen) atoms. The minimum Gasteiger partial charge on any atom is -0.506 e. The summed E-state index contributed by atoms with van der Waals surface area (Å²) in [6.07, 6.45) is 2.96. The molecule has 11 heteroatoms. The van der Waals surface area contributed by atoms with Crippen molar-refractivity contribution < 1.29 is 14.7 Å². The van der Waals surface area contributed by atoms with E-state index < -0.39 is 11.5 Å². The number of aldehydes is 1. The molecule has 3 aromatic heterocycles. The second-order valence-corrected chi connectivity index (χ2v) is 9.67. The molecule has 0 aliphatic rings. The average molecular weight is 556 g/mol. The number of aromatic hydroxyl groups is 1. The number of tetrazole rings is 1. The first kappa shape index (κ1) is 26.9. The summed E-state index contributed by atoms with van der Waals surface area (Å²) in [5.74, 6) is 0.0942. The summed E-state index contributed by atoms with van der Waals surface area (Å²) >= 11 is 6.56. The predicted molar refractivity (Wildman–Crippen MR) is 149 cm³/mol. The molecular formula is C29H26ClN7O3. The van der Waals surface area contributed by atoms with E-state index in [0.717, 1.165) is 35.1 Å². The number of hydrogen-bond donors (Lipinski definition) is 2. The van der Waals surface area contributed by atoms with Crippen molar-refractivity contribution >= 4 is 23.7 Å². The Bertz CT molecular complexity index is 1680. The van der Waals surface area contributed by atoms with Crippen LogP contribution in [0.3, 0.4) is 0 Å². The van der Waals surface area contributed by atoms with Crippen molar-refractivity contribution in [3.05, 3.63) is 93.8 Å². The van der Waals surface area contributed by atoms with Crippen LogP contribution < -0.4 is 0 Å². The van der Waals surface area contributed by atoms with Crippen molar-refractivity contribution in [2.24, 2.45) is 0 Å². The second kappa shape index (κ2) is 11.6. The van der Waals surface area contributed by atoms with Crippen LogP contribution in [0.15, 0.2) is 54.6 Å². The van der Waals surface area contributed by atoms with Crippen molar-refractivity contribution in [1.29, 1.82) is 0 Å². The van der Waals surface area contributed by atoms with Crippen molar-refractivity contribution in [3.8, 4) is 28.3 Å². The number of nitrogens with zero attached hydrogens (tertiary/aromatic N) is 6. The van der Waals surface area contributed by atoms with E-state index in [1.807, 2.05) is 48.5 Å². The number of carbonyl (C=O) groups is 2. The molecule has 0 aliphatic heterocycles. The molecule has 2 N–H and O–H groups in total. The molecule has 2 aromatic carbocycles. The fourth-order valence-corrected chi connectivity index (χ4v) is 4.88. The Morgan fingerprint density at radius 1 is 1.10 bits per heavy atom. The number of nitrogens with one attached hydrogen (secondary N) is 1. The van der Waals surface area contributed by atoms with Crippen LogP contribution >= 0.6 is 11.6 Å². The van der Waals surface area contributed by atoms with Crippen LogP contribution in [0.25, 0.3) is 22.5 Å². The second-order valence-electron chi connectivity index (χ2n) is 9.32. The van der Waals surface area contributed by atoms with Crippen LogP contribution in [0.4, 0.5) is 0 Å². The number of unbranched alkanes of at least 4 members (excludes halogenated alkanes) is 1. The van der Waals surface area contributed by atoms with Crippen LogP contribution in [0, 0.1) is 6.92 Å². The van der Waals surface area contributed by atoms with Gasteiger partial charge in [0.15, 0.2) is 17.1 Å². The summed E-state index contributed by atoms with van der Waals surface area (Å²) in [5, 5.41) is 25.2. The lowest BCUT2D eigenvalue weighted by Crippen LogP contribution is -2.16. The lowest BCUT2D eigenvalue weighted by Gasteiger charge is -2.15. The zero-order valence-electron chi connectivity index (χ0n) is 21.9. The Hall–Kier alpha value is -4.70. The minimum atomic E-state index is -0.586. The van der Waals surface area contributed by atoms with E-state index in [9.17, 15) is 14.7 Å². The minimum absolute atomic E-state index is 0.0220. The van der Waals surface area contributed by atoms with E-state index in [1.165, 1.54) is 6.07 Å². The number of halogens is 1. The lowest BCUT2D eigenvalue weighted by atomic mass is 9.97. The molecule has 0 amide bonds. The summed E-state index contributed by atoms with van der Waals surface area (Å²) in [6, 6.07) is 17.0. The van der Waals surface area contributed by atoms with Crippen LogP contribution in [-0.4, -0.2) is 52.3 Å². The molecule has 0 saturated carbocycles. The molecule has 0 bridgehead atoms. The van der Waals surface area contributed by atoms with E-state index in [0.29, 0.717) is 30.0 Å². The standard InChI is InChI=1S/C29H26ClN7O3/c1-3-4-10-24-32-28(30)26(27(40)25-23(39)14-20(16-38)17(2)31-25)37(24)15-18-11-12-21(19-8-6-5-7-9-19)22(13-18)29-33-35-36-34-29/h5-9,11-14,16,39H,3-4,10,15H2,1-2H3,(H,33,34,35,36). The maximum atomic E-state index is 13.7. The fraction of sp³-hybridized carbons (Fsp3) is 0.207. The molecule has 0 spiro atoms. The molecule has 3 heterocycles. The highest BCUT2D eigenvalue weighted by atomic mass is 35.5. The number of benzene rings is 2. The van der Waals surface area contributed by atoms with Gasteiger partial charge in [-0.2, -0.15) is 5.21 Å². The van der Waals surface area contributed by atoms with Crippen LogP contribution in [0.5, 0.6) is 5.75 Å². The first-order valence-corrected chi connectivity index (χ1v) is 13.2. The molecule has 0 fully saturated rings. The van der Waals surface area contributed by atoms with Crippen molar-refractivity contribution in [1.82, 2.24) is 35.2 Å². The highest BCUT2D eigenvalue weighted by Gasteiger charge is 2.27. The normalized spacial score (nSPS) is 11.1. The number of aryl methyl sites for hydroxylation is 2. The van der Waals surface area contributed by atoms with Gasteiger partial charge >= 0.3 is 0 Å². The Labute approximate surface area is 235 Å². The smallest absolute Gasteiger partial charge is 0.234 e. The molecule has 0 saturated heterocycles. The highest BCUT2D eigenvalue weighted by Crippen LogP contribution is 2.32. The SMILES string of the molecule is CCCCc1nc(Cl)c(C(=O)c2nc(C)c(C=O)cc2O)n1Cc1ccc(-c2ccccc2)c(-c2nn[nH]n2)c1. The van der Waals surface area contributed by atoms with Gasteiger partial charge in [-0.25, -0.2) is 9.97 Å². The van der Waals surface area contributed by atoms with E-state index in [2.05, 4.69) is 37.5 Å². The van der Waals surface area contributed by atoms with Crippen LogP contribution in [-0.2, 0) is 13.0 Å². The van der Waals surface area contributed by atoms with Gasteiger partial charge in [0.25, 0.3) is 0 Å². The van der Waals surface area contributed by atoms with E-state index >= 15 is 0 Å². The molecule has 5 rings (SSSR count). The molecule has 0 aliphatic carbocycles. The number of rotatable bonds is 10. The highest BCUT2D eigenvalue weighted by molar-refractivity contribution is 6.33. The van der Waals surface area contributed by atoms with Gasteiger partial charge in [0, 0.05) is 29.8 Å². The molecule has 0 atom stereocenters. The molecular weight excluding hydrogens is 530 g/mol. The van der Waals surface area contributed by atoms with Gasteiger partial charge in [0.05, 0.1) is 0 Å². The largest absolute Gasteiger partial charge is 0.506 e. The molecule has 5 aromatic rings. The third-order valence-electron chi connectivity index (χ3n) is 6.64. The van der Waals surface area contributed by atoms with E-state index in [-0.39, 0.29) is 28.6 Å². The number of pyridine rings is 1. The lowest BCUT2D eigenvalue weighted by molar-refractivity contribution is 0.102. The summed E-state index contributed by atoms with van der Waals surface area (Å²) in [5.41, 5.74) is 3.99. The number of ketones is 1. The number of hydrogen-bond acceptors (Lipinski definition) is 8. The monoisotopic (exact) mass is 555 g/mol. The average Bonchev–Trinajstić information content (AvgIpc) is 3.61. The Morgan fingerprint density at radius 3 is 2.60 bits per heavy atom. The van der Waals surface area contributed by atoms with Gasteiger partial charge in [-0.3, -0.25) is 9.59 Å². The van der Waals surface area contributed by atoms with E-state index in [1.54, 1.807) is 11.5 Å². The molecule has 202 valence electrons. The molecule has 10 nitrogen and oxygen atoms in total. The number of imidazole rings is 1. The van der Waals surface area contributed by atoms with Gasteiger partial charge in [0.2, 0.25) is 11.6 Å². The molecule has 0 radical (unpaired) electrons. The number of carbonyl (C=O) groups excluding carboxylic acids is 2. The van der Waals surface area contributed by atoms with Gasteiger partial charge in [-0.1, -0.05) is 67.4 Å². The van der Waals surface area contributed by atoms with Crippen molar-refractivity contribution in [2.75, 3.05) is 0 Å². The van der Waals surface area contributed by atoms with Gasteiger partial charge in [-0.15, -0.1) is 10.2 Å². The quantitative estimate of drug-likeness (QED) is 0.176. The zero-order chi connectivity index (χ0) is 28.2. The van der Waals surface area contributed by atoms with Gasteiger partial charge < -0.3 is 9.67 Å². The predicted octanol–water partition coefficient (Wildman–Crippen LogP) is 5.23. The molecule has 0 unspecified atom stereocenters. The third kappa shape index (κ3) is 5.26. The Kier molecular flexibility index (Phi) is 7.79. The third-order valence-corrected chi connectivity index (χ3v) is 6.91. The first-order valence-electron chi connectivity index (χ1n) is 12.8. The Morgan fingerprint density at radius 2 is 1.90 bits per heavy atom. The topological polar surface area (TPSA) is 140 Å². The van der Waals surface area contributed by atoms with Crippen LogP contribution in [0.2, 0.25) is 5.15 Å². The fourth-order valence-electron chi connectivity index (χ4n) is 4.59. The number of aromatic nitrogens is 7. The van der Waals surface area contributed by atoms with Crippen molar-refractivity contribution in [2.45, 2.75) is 39.7 Å². The van der Waals surface area contributed by atoms with Gasteiger partial charge in [0.1, 0.15) is 17.3 Å². The summed E-state index contributed by atoms with van der Waals surface area (Å²) in [7, 11) is 0. The first-order chi connectivity index (χ1) is 19.4. The number of aromatic amines is 1. The van der Waals surface area contributed by atoms with E-state index in [4.69, 9.17) is 11.6 Å². The summed E-state index contributed by atoms with van der Waals surface area (Å²) < 4.78 is 1.77. The maximum Gasteiger partial charge on any atom is 0.234 e. The van der Waals surface area contributed by atoms with Gasteiger partial charge in [-0.05, 0) is 47.4 Å². The maximum absolute atomic E-state index is 13.7. The summed E-state index contributed by atoms with van der Waals surface area (Å²) in [6.45, 7) is 3.94.